The Labute approximate surface area is 146 Å². The van der Waals surface area contributed by atoms with Crippen LogP contribution in [0.4, 0.5) is 11.4 Å². The quantitative estimate of drug-likeness (QED) is 0.751. The maximum absolute atomic E-state index is 12.3. The maximum atomic E-state index is 12.3. The molecule has 1 fully saturated rings. The van der Waals surface area contributed by atoms with E-state index in [-0.39, 0.29) is 5.56 Å². The zero-order chi connectivity index (χ0) is 17.1. The second-order valence-corrected chi connectivity index (χ2v) is 6.72. The molecule has 1 aliphatic carbocycles. The smallest absolute Gasteiger partial charge is 0.273 e. The fraction of sp³-hybridized carbons (Fsp3) is 0.389. The lowest BCUT2D eigenvalue weighted by Crippen LogP contribution is -2.21. The molecule has 0 aliphatic heterocycles. The predicted octanol–water partition coefficient (Wildman–Crippen LogP) is 3.57. The molecule has 0 radical (unpaired) electrons. The molecule has 1 aromatic carbocycles. The molecule has 3 rings (SSSR count). The number of aromatic nitrogens is 1. The normalized spacial score (nSPS) is 13.6. The van der Waals surface area contributed by atoms with Gasteiger partial charge in [0.15, 0.2) is 0 Å². The highest BCUT2D eigenvalue weighted by Gasteiger charge is 2.21. The summed E-state index contributed by atoms with van der Waals surface area (Å²) in [5.41, 5.74) is 3.64. The summed E-state index contributed by atoms with van der Waals surface area (Å²) >= 11 is 1.52. The van der Waals surface area contributed by atoms with Gasteiger partial charge in [-0.25, -0.2) is 0 Å². The third kappa shape index (κ3) is 3.70. The van der Waals surface area contributed by atoms with Crippen LogP contribution >= 0.6 is 11.9 Å². The Kier molecular flexibility index (Phi) is 5.04. The van der Waals surface area contributed by atoms with Crippen molar-refractivity contribution in [2.75, 3.05) is 29.9 Å². The van der Waals surface area contributed by atoms with Crippen LogP contribution < -0.4 is 20.3 Å². The van der Waals surface area contributed by atoms with Crippen molar-refractivity contribution < 1.29 is 4.74 Å². The Balaban J connectivity index is 1.95. The molecule has 0 spiro atoms. The van der Waals surface area contributed by atoms with Gasteiger partial charge in [-0.05, 0) is 42.5 Å². The molecule has 1 saturated carbocycles. The summed E-state index contributed by atoms with van der Waals surface area (Å²) < 4.78 is 10.3. The first-order chi connectivity index (χ1) is 11.6. The predicted molar refractivity (Wildman–Crippen MR) is 102 cm³/mol. The van der Waals surface area contributed by atoms with E-state index in [0.717, 1.165) is 35.0 Å². The summed E-state index contributed by atoms with van der Waals surface area (Å²) in [4.78, 5) is 12.3. The number of nitrogens with one attached hydrogen (secondary N) is 2. The average Bonchev–Trinajstić information content (AvgIpc) is 3.40. The van der Waals surface area contributed by atoms with Crippen LogP contribution in [0.3, 0.4) is 0 Å². The Bertz CT molecular complexity index is 784. The molecule has 24 heavy (non-hydrogen) atoms. The minimum Gasteiger partial charge on any atom is -0.495 e. The molecule has 2 aromatic rings. The molecule has 1 aromatic heterocycles. The molecule has 0 saturated heterocycles. The lowest BCUT2D eigenvalue weighted by Gasteiger charge is -2.13. The molecule has 128 valence electrons. The lowest BCUT2D eigenvalue weighted by molar-refractivity contribution is 0.417. The number of benzene rings is 1. The van der Waals surface area contributed by atoms with E-state index in [9.17, 15) is 4.79 Å². The van der Waals surface area contributed by atoms with Crippen molar-refractivity contribution in [2.24, 2.45) is 13.0 Å². The molecule has 2 N–H and O–H groups in total. The average molecular weight is 345 g/mol. The van der Waals surface area contributed by atoms with E-state index >= 15 is 0 Å². The Morgan fingerprint density at radius 1 is 1.25 bits per heavy atom. The second kappa shape index (κ2) is 7.21. The zero-order valence-corrected chi connectivity index (χ0v) is 15.1. The number of hydrogen-bond acceptors (Lipinski definition) is 5. The van der Waals surface area contributed by atoms with Crippen LogP contribution in [0.15, 0.2) is 35.3 Å². The molecule has 0 amide bonds. The number of hydrogen-bond donors (Lipinski definition) is 2. The minimum atomic E-state index is 0.00961. The van der Waals surface area contributed by atoms with Crippen LogP contribution in [0.5, 0.6) is 5.75 Å². The second-order valence-electron chi connectivity index (χ2n) is 6.10. The minimum absolute atomic E-state index is 0.00961. The van der Waals surface area contributed by atoms with E-state index in [2.05, 4.69) is 10.0 Å². The molecule has 6 heteroatoms. The van der Waals surface area contributed by atoms with E-state index < -0.39 is 0 Å². The first kappa shape index (κ1) is 16.8. The summed E-state index contributed by atoms with van der Waals surface area (Å²) in [5.74, 6) is 1.52. The molecule has 0 unspecified atom stereocenters. The topological polar surface area (TPSA) is 55.3 Å². The Morgan fingerprint density at radius 2 is 2.00 bits per heavy atom. The van der Waals surface area contributed by atoms with Crippen molar-refractivity contribution >= 4 is 23.3 Å². The largest absolute Gasteiger partial charge is 0.495 e. The van der Waals surface area contributed by atoms with Gasteiger partial charge in [0, 0.05) is 31.6 Å². The number of aryl methyl sites for hydroxylation is 1. The fourth-order valence-corrected chi connectivity index (χ4v) is 3.03. The summed E-state index contributed by atoms with van der Waals surface area (Å²) in [7, 11) is 3.45. The number of pyridine rings is 1. The molecule has 1 heterocycles. The van der Waals surface area contributed by atoms with Crippen molar-refractivity contribution in [2.45, 2.75) is 12.8 Å². The highest BCUT2D eigenvalue weighted by Crippen LogP contribution is 2.32. The van der Waals surface area contributed by atoms with Crippen LogP contribution in [0.1, 0.15) is 12.8 Å². The third-order valence-electron chi connectivity index (χ3n) is 4.21. The maximum Gasteiger partial charge on any atom is 0.273 e. The Hall–Kier alpha value is -2.08. The van der Waals surface area contributed by atoms with Crippen LogP contribution in [-0.4, -0.2) is 24.5 Å². The zero-order valence-electron chi connectivity index (χ0n) is 14.3. The van der Waals surface area contributed by atoms with Gasteiger partial charge in [-0.15, -0.1) is 0 Å². The highest BCUT2D eigenvalue weighted by atomic mass is 32.2. The van der Waals surface area contributed by atoms with Gasteiger partial charge < -0.3 is 19.3 Å². The monoisotopic (exact) mass is 345 g/mol. The third-order valence-corrected chi connectivity index (χ3v) is 4.63. The first-order valence-electron chi connectivity index (χ1n) is 8.04. The van der Waals surface area contributed by atoms with Gasteiger partial charge in [0.05, 0.1) is 12.8 Å². The molecular weight excluding hydrogens is 322 g/mol. The van der Waals surface area contributed by atoms with Crippen molar-refractivity contribution in [1.82, 2.24) is 4.57 Å². The van der Waals surface area contributed by atoms with Crippen LogP contribution in [0, 0.1) is 5.92 Å². The van der Waals surface area contributed by atoms with Crippen molar-refractivity contribution in [3.05, 3.63) is 40.8 Å². The number of anilines is 2. The van der Waals surface area contributed by atoms with Crippen LogP contribution in [0.25, 0.3) is 11.1 Å². The SMILES string of the molecule is COc1ccc(-c2cc(NCC3CC3)c(=O)n(C)c2)cc1NSC. The summed E-state index contributed by atoms with van der Waals surface area (Å²) in [6.07, 6.45) is 6.36. The van der Waals surface area contributed by atoms with Crippen LogP contribution in [-0.2, 0) is 7.05 Å². The van der Waals surface area contributed by atoms with E-state index in [1.54, 1.807) is 18.7 Å². The van der Waals surface area contributed by atoms with Gasteiger partial charge in [-0.3, -0.25) is 4.79 Å². The van der Waals surface area contributed by atoms with Gasteiger partial charge in [0.1, 0.15) is 11.4 Å². The summed E-state index contributed by atoms with van der Waals surface area (Å²) in [5, 5.41) is 3.31. The van der Waals surface area contributed by atoms with Gasteiger partial charge in [-0.2, -0.15) is 0 Å². The van der Waals surface area contributed by atoms with E-state index in [1.807, 2.05) is 36.7 Å². The molecule has 1 aliphatic rings. The molecule has 5 nitrogen and oxygen atoms in total. The number of ether oxygens (including phenoxy) is 1. The first-order valence-corrected chi connectivity index (χ1v) is 9.26. The number of nitrogens with zero attached hydrogens (tertiary/aromatic N) is 1. The van der Waals surface area contributed by atoms with E-state index in [1.165, 1.54) is 24.8 Å². The summed E-state index contributed by atoms with van der Waals surface area (Å²) in [6.45, 7) is 0.876. The van der Waals surface area contributed by atoms with Crippen molar-refractivity contribution in [3.63, 3.8) is 0 Å². The molecule has 0 atom stereocenters. The Morgan fingerprint density at radius 3 is 2.67 bits per heavy atom. The molecular formula is C18H23N3O2S. The van der Waals surface area contributed by atoms with Crippen molar-refractivity contribution in [3.8, 4) is 16.9 Å². The molecule has 0 bridgehead atoms. The van der Waals surface area contributed by atoms with E-state index in [0.29, 0.717) is 5.69 Å². The van der Waals surface area contributed by atoms with E-state index in [4.69, 9.17) is 4.74 Å². The van der Waals surface area contributed by atoms with Crippen molar-refractivity contribution in [1.29, 1.82) is 0 Å². The lowest BCUT2D eigenvalue weighted by atomic mass is 10.1. The highest BCUT2D eigenvalue weighted by molar-refractivity contribution is 7.99. The number of methoxy groups -OCH3 is 1. The number of rotatable bonds is 7. The standard InChI is InChI=1S/C18H23N3O2S/c1-21-11-14(9-16(18(21)22)19-10-12-4-5-12)13-6-7-17(23-2)15(8-13)20-24-3/h6-9,11-12,19-20H,4-5,10H2,1-3H3. The van der Waals surface area contributed by atoms with Gasteiger partial charge in [0.2, 0.25) is 0 Å². The van der Waals surface area contributed by atoms with Crippen LogP contribution in [0.2, 0.25) is 0 Å². The van der Waals surface area contributed by atoms with Gasteiger partial charge >= 0.3 is 0 Å². The fourth-order valence-electron chi connectivity index (χ4n) is 2.65. The summed E-state index contributed by atoms with van der Waals surface area (Å²) in [6, 6.07) is 7.93. The van der Waals surface area contributed by atoms with Gasteiger partial charge in [-0.1, -0.05) is 18.0 Å². The van der Waals surface area contributed by atoms with Gasteiger partial charge in [0.25, 0.3) is 5.56 Å².